The van der Waals surface area contributed by atoms with Gasteiger partial charge in [0, 0.05) is 10.5 Å². The molecule has 114 valence electrons. The molecule has 1 saturated heterocycles. The second kappa shape index (κ2) is 5.28. The number of para-hydroxylation sites is 1. The molecule has 2 aromatic carbocycles. The first-order valence-electron chi connectivity index (χ1n) is 7.39. The molecule has 2 heterocycles. The van der Waals surface area contributed by atoms with Gasteiger partial charge in [-0.05, 0) is 31.2 Å². The summed E-state index contributed by atoms with van der Waals surface area (Å²) < 4.78 is 0. The predicted octanol–water partition coefficient (Wildman–Crippen LogP) is 4.14. The zero-order chi connectivity index (χ0) is 16.0. The average molecular weight is 321 g/mol. The Hall–Kier alpha value is -2.53. The fraction of sp³-hybridized carbons (Fsp3) is 0.111. The number of amides is 1. The lowest BCUT2D eigenvalue weighted by atomic mass is 10.2. The van der Waals surface area contributed by atoms with Crippen LogP contribution in [0.1, 0.15) is 12.0 Å². The highest BCUT2D eigenvalue weighted by atomic mass is 32.2. The van der Waals surface area contributed by atoms with Crippen LogP contribution in [-0.4, -0.2) is 11.7 Å². The summed E-state index contributed by atoms with van der Waals surface area (Å²) in [6, 6.07) is 15.7. The predicted molar refractivity (Wildman–Crippen MR) is 94.0 cm³/mol. The lowest BCUT2D eigenvalue weighted by Gasteiger charge is -2.16. The third kappa shape index (κ3) is 2.33. The van der Waals surface area contributed by atoms with Crippen LogP contribution in [0.15, 0.2) is 64.0 Å². The highest BCUT2D eigenvalue weighted by Gasteiger charge is 2.35. The summed E-state index contributed by atoms with van der Waals surface area (Å²) in [5.74, 6) is 0.210. The molecule has 2 aromatic rings. The summed E-state index contributed by atoms with van der Waals surface area (Å²) in [6.45, 7) is 2.00. The number of amidine groups is 1. The van der Waals surface area contributed by atoms with E-state index in [1.54, 1.807) is 11.8 Å². The van der Waals surface area contributed by atoms with Gasteiger partial charge in [-0.25, -0.2) is 0 Å². The van der Waals surface area contributed by atoms with Crippen LogP contribution in [0.3, 0.4) is 0 Å². The molecule has 0 spiro atoms. The van der Waals surface area contributed by atoms with Crippen LogP contribution in [0.4, 0.5) is 11.4 Å². The van der Waals surface area contributed by atoms with Gasteiger partial charge >= 0.3 is 0 Å². The number of anilines is 2. The zero-order valence-corrected chi connectivity index (χ0v) is 13.4. The van der Waals surface area contributed by atoms with E-state index in [-0.39, 0.29) is 18.2 Å². The number of carbonyl (C=O) groups is 1. The molecule has 1 fully saturated rings. The smallest absolute Gasteiger partial charge is 0.237 e. The number of fused-ring (bicyclic) bond motifs is 1. The van der Waals surface area contributed by atoms with E-state index < -0.39 is 0 Å². The zero-order valence-electron chi connectivity index (χ0n) is 12.6. The second-order valence-corrected chi connectivity index (χ2v) is 6.67. The Morgan fingerprint density at radius 3 is 2.61 bits per heavy atom. The first kappa shape index (κ1) is 14.1. The molecule has 0 unspecified atom stereocenters. The summed E-state index contributed by atoms with van der Waals surface area (Å²) in [5.41, 5.74) is 3.68. The molecule has 2 aliphatic heterocycles. The maximum Gasteiger partial charge on any atom is 0.237 e. The third-order valence-corrected chi connectivity index (χ3v) is 5.13. The summed E-state index contributed by atoms with van der Waals surface area (Å²) in [6.07, 6.45) is 0.260. The molecule has 0 radical (unpaired) electrons. The van der Waals surface area contributed by atoms with Crippen molar-refractivity contribution in [2.75, 3.05) is 10.2 Å². The molecule has 0 saturated carbocycles. The van der Waals surface area contributed by atoms with Gasteiger partial charge in [0.25, 0.3) is 0 Å². The van der Waals surface area contributed by atoms with E-state index in [0.717, 1.165) is 32.4 Å². The quantitative estimate of drug-likeness (QED) is 0.830. The van der Waals surface area contributed by atoms with Crippen LogP contribution in [0.5, 0.6) is 0 Å². The first-order valence-corrected chi connectivity index (χ1v) is 8.21. The van der Waals surface area contributed by atoms with E-state index >= 15 is 0 Å². The summed E-state index contributed by atoms with van der Waals surface area (Å²) in [4.78, 5) is 15.0. The van der Waals surface area contributed by atoms with Gasteiger partial charge in [0.2, 0.25) is 5.91 Å². The van der Waals surface area contributed by atoms with Gasteiger partial charge in [-0.15, -0.1) is 0 Å². The number of hydrogen-bond acceptors (Lipinski definition) is 4. The molecule has 4 nitrogen and oxygen atoms in total. The van der Waals surface area contributed by atoms with Gasteiger partial charge < -0.3 is 5.32 Å². The number of rotatable bonds is 1. The molecule has 5 heteroatoms. The largest absolute Gasteiger partial charge is 0.349 e. The molecule has 0 bridgehead atoms. The van der Waals surface area contributed by atoms with E-state index in [1.165, 1.54) is 4.90 Å². The fourth-order valence-corrected chi connectivity index (χ4v) is 3.83. The standard InChI is InChI=1S/C18H15N3OS/c1-11-6-8-12(9-7-11)21-16(22)10-13(17(21)19)18-20-14-4-2-3-5-15(14)23-18/h2-9,19-20H,10H2,1H3/b18-13-,19-17?. The Labute approximate surface area is 138 Å². The molecule has 2 aliphatic rings. The van der Waals surface area contributed by atoms with Crippen molar-refractivity contribution in [3.05, 3.63) is 64.7 Å². The van der Waals surface area contributed by atoms with Crippen molar-refractivity contribution in [1.82, 2.24) is 0 Å². The molecule has 0 aromatic heterocycles. The van der Waals surface area contributed by atoms with Crippen molar-refractivity contribution < 1.29 is 4.79 Å². The number of thioether (sulfide) groups is 1. The molecule has 4 rings (SSSR count). The molecule has 1 amide bonds. The van der Waals surface area contributed by atoms with Gasteiger partial charge in [0.15, 0.2) is 0 Å². The summed E-state index contributed by atoms with van der Waals surface area (Å²) in [5, 5.41) is 12.7. The second-order valence-electron chi connectivity index (χ2n) is 5.62. The maximum absolute atomic E-state index is 12.4. The van der Waals surface area contributed by atoms with Gasteiger partial charge in [-0.3, -0.25) is 15.1 Å². The molecular weight excluding hydrogens is 306 g/mol. The number of carbonyl (C=O) groups excluding carboxylic acids is 1. The third-order valence-electron chi connectivity index (χ3n) is 4.00. The summed E-state index contributed by atoms with van der Waals surface area (Å²) in [7, 11) is 0. The Morgan fingerprint density at radius 2 is 1.87 bits per heavy atom. The minimum atomic E-state index is -0.0558. The van der Waals surface area contributed by atoms with Crippen molar-refractivity contribution in [3.8, 4) is 0 Å². The fourth-order valence-electron chi connectivity index (χ4n) is 2.78. The normalized spacial score (nSPS) is 20.0. The van der Waals surface area contributed by atoms with Crippen molar-refractivity contribution in [3.63, 3.8) is 0 Å². The van der Waals surface area contributed by atoms with Crippen LogP contribution in [0.2, 0.25) is 0 Å². The highest BCUT2D eigenvalue weighted by molar-refractivity contribution is 8.03. The number of nitrogens with zero attached hydrogens (tertiary/aromatic N) is 1. The lowest BCUT2D eigenvalue weighted by molar-refractivity contribution is -0.116. The molecule has 0 aliphatic carbocycles. The van der Waals surface area contributed by atoms with Crippen molar-refractivity contribution in [2.24, 2.45) is 0 Å². The van der Waals surface area contributed by atoms with Crippen LogP contribution in [0, 0.1) is 12.3 Å². The molecule has 0 atom stereocenters. The van der Waals surface area contributed by atoms with Gasteiger partial charge in [-0.1, -0.05) is 41.6 Å². The van der Waals surface area contributed by atoms with Gasteiger partial charge in [0.05, 0.1) is 22.8 Å². The van der Waals surface area contributed by atoms with E-state index in [0.29, 0.717) is 0 Å². The Balaban J connectivity index is 1.69. The van der Waals surface area contributed by atoms with Gasteiger partial charge in [0.1, 0.15) is 5.84 Å². The average Bonchev–Trinajstić information content (AvgIpc) is 3.09. The van der Waals surface area contributed by atoms with Crippen molar-refractivity contribution >= 4 is 34.9 Å². The Kier molecular flexibility index (Phi) is 3.23. The van der Waals surface area contributed by atoms with E-state index in [2.05, 4.69) is 5.32 Å². The van der Waals surface area contributed by atoms with Crippen LogP contribution < -0.4 is 10.2 Å². The number of benzene rings is 2. The number of aryl methyl sites for hydroxylation is 1. The minimum absolute atomic E-state index is 0.0558. The van der Waals surface area contributed by atoms with E-state index in [9.17, 15) is 4.79 Å². The number of hydrogen-bond donors (Lipinski definition) is 2. The first-order chi connectivity index (χ1) is 11.1. The van der Waals surface area contributed by atoms with Gasteiger partial charge in [-0.2, -0.15) is 0 Å². The summed E-state index contributed by atoms with van der Waals surface area (Å²) >= 11 is 1.59. The van der Waals surface area contributed by atoms with Crippen molar-refractivity contribution in [1.29, 1.82) is 5.41 Å². The number of nitrogens with one attached hydrogen (secondary N) is 2. The van der Waals surface area contributed by atoms with E-state index in [4.69, 9.17) is 5.41 Å². The topological polar surface area (TPSA) is 56.2 Å². The Morgan fingerprint density at radius 1 is 1.13 bits per heavy atom. The molecule has 2 N–H and O–H groups in total. The maximum atomic E-state index is 12.4. The molecular formula is C18H15N3OS. The van der Waals surface area contributed by atoms with Crippen LogP contribution >= 0.6 is 11.8 Å². The van der Waals surface area contributed by atoms with Crippen LogP contribution in [0.25, 0.3) is 0 Å². The minimum Gasteiger partial charge on any atom is -0.349 e. The highest BCUT2D eigenvalue weighted by Crippen LogP contribution is 2.44. The van der Waals surface area contributed by atoms with Crippen LogP contribution in [-0.2, 0) is 4.79 Å². The Bertz CT molecular complexity index is 828. The SMILES string of the molecule is Cc1ccc(N2C(=N)/C(=C3/Nc4ccccc4S3)CC2=O)cc1. The molecule has 23 heavy (non-hydrogen) atoms. The van der Waals surface area contributed by atoms with E-state index in [1.807, 2.05) is 55.5 Å². The monoisotopic (exact) mass is 321 g/mol. The van der Waals surface area contributed by atoms with Crippen molar-refractivity contribution in [2.45, 2.75) is 18.2 Å². The lowest BCUT2D eigenvalue weighted by Crippen LogP contribution is -2.28.